The monoisotopic (exact) mass is 315 g/mol. The van der Waals surface area contributed by atoms with E-state index in [0.717, 1.165) is 24.5 Å². The number of amides is 1. The average Bonchev–Trinajstić information content (AvgIpc) is 2.47. The largest absolute Gasteiger partial charge is 0.573 e. The van der Waals surface area contributed by atoms with Gasteiger partial charge in [0.1, 0.15) is 23.6 Å². The van der Waals surface area contributed by atoms with E-state index in [1.807, 2.05) is 0 Å². The summed E-state index contributed by atoms with van der Waals surface area (Å²) in [4.78, 5) is 19.0. The molecule has 0 unspecified atom stereocenters. The van der Waals surface area contributed by atoms with Crippen LogP contribution in [0.4, 0.5) is 17.6 Å². The molecule has 0 aliphatic carbocycles. The first-order valence-electron chi connectivity index (χ1n) is 5.93. The molecule has 116 valence electrons. The molecule has 2 rings (SSSR count). The zero-order valence-corrected chi connectivity index (χ0v) is 10.9. The second kappa shape index (κ2) is 6.37. The van der Waals surface area contributed by atoms with Crippen molar-refractivity contribution in [3.05, 3.63) is 53.9 Å². The number of carbonyl (C=O) groups excluding carboxylic acids is 1. The van der Waals surface area contributed by atoms with E-state index in [1.165, 1.54) is 12.3 Å². The van der Waals surface area contributed by atoms with Crippen LogP contribution < -0.4 is 10.1 Å². The SMILES string of the molecule is O=C(NCc1cc(OC(F)(F)F)ccc1F)c1ccncn1. The summed E-state index contributed by atoms with van der Waals surface area (Å²) in [7, 11) is 0. The van der Waals surface area contributed by atoms with Gasteiger partial charge >= 0.3 is 6.36 Å². The minimum atomic E-state index is -4.88. The molecule has 0 bridgehead atoms. The van der Waals surface area contributed by atoms with Crippen LogP contribution in [0.1, 0.15) is 16.1 Å². The van der Waals surface area contributed by atoms with Crippen LogP contribution >= 0.6 is 0 Å². The molecule has 9 heteroatoms. The molecule has 0 radical (unpaired) electrons. The van der Waals surface area contributed by atoms with Crippen molar-refractivity contribution in [2.75, 3.05) is 0 Å². The Balaban J connectivity index is 2.06. The van der Waals surface area contributed by atoms with E-state index in [0.29, 0.717) is 0 Å². The van der Waals surface area contributed by atoms with Crippen LogP contribution in [0, 0.1) is 5.82 Å². The van der Waals surface area contributed by atoms with Crippen molar-refractivity contribution in [2.45, 2.75) is 12.9 Å². The summed E-state index contributed by atoms with van der Waals surface area (Å²) in [5, 5.41) is 2.34. The maximum Gasteiger partial charge on any atom is 0.573 e. The molecule has 0 fully saturated rings. The number of nitrogens with one attached hydrogen (secondary N) is 1. The predicted octanol–water partition coefficient (Wildman–Crippen LogP) is 2.44. The highest BCUT2D eigenvalue weighted by Gasteiger charge is 2.31. The summed E-state index contributed by atoms with van der Waals surface area (Å²) in [6.07, 6.45) is -2.37. The molecule has 0 aliphatic rings. The Bertz CT molecular complexity index is 662. The number of benzene rings is 1. The summed E-state index contributed by atoms with van der Waals surface area (Å²) in [6.45, 7) is -0.316. The van der Waals surface area contributed by atoms with Gasteiger partial charge in [-0.2, -0.15) is 0 Å². The third-order valence-electron chi connectivity index (χ3n) is 2.50. The topological polar surface area (TPSA) is 64.1 Å². The molecular formula is C13H9F4N3O2. The molecule has 2 aromatic rings. The highest BCUT2D eigenvalue weighted by molar-refractivity contribution is 5.91. The zero-order valence-electron chi connectivity index (χ0n) is 10.9. The fourth-order valence-corrected chi connectivity index (χ4v) is 1.57. The molecule has 1 heterocycles. The molecule has 0 spiro atoms. The van der Waals surface area contributed by atoms with E-state index in [-0.39, 0.29) is 17.8 Å². The van der Waals surface area contributed by atoms with Crippen LogP contribution in [0.3, 0.4) is 0 Å². The number of hydrogen-bond acceptors (Lipinski definition) is 4. The number of rotatable bonds is 4. The molecule has 1 amide bonds. The molecule has 0 aliphatic heterocycles. The van der Waals surface area contributed by atoms with Gasteiger partial charge in [0.05, 0.1) is 0 Å². The number of carbonyl (C=O) groups is 1. The molecular weight excluding hydrogens is 306 g/mol. The smallest absolute Gasteiger partial charge is 0.406 e. The van der Waals surface area contributed by atoms with E-state index in [1.54, 1.807) is 0 Å². The number of hydrogen-bond donors (Lipinski definition) is 1. The van der Waals surface area contributed by atoms with Gasteiger partial charge in [-0.1, -0.05) is 0 Å². The molecule has 5 nitrogen and oxygen atoms in total. The normalized spacial score (nSPS) is 11.1. The fourth-order valence-electron chi connectivity index (χ4n) is 1.57. The van der Waals surface area contributed by atoms with Crippen LogP contribution in [0.2, 0.25) is 0 Å². The summed E-state index contributed by atoms with van der Waals surface area (Å²) in [5.74, 6) is -1.94. The third kappa shape index (κ3) is 4.40. The first-order chi connectivity index (χ1) is 10.3. The third-order valence-corrected chi connectivity index (χ3v) is 2.50. The van der Waals surface area contributed by atoms with Gasteiger partial charge in [-0.25, -0.2) is 14.4 Å². The van der Waals surface area contributed by atoms with E-state index >= 15 is 0 Å². The van der Waals surface area contributed by atoms with Gasteiger partial charge in [-0.3, -0.25) is 4.79 Å². The van der Waals surface area contributed by atoms with Gasteiger partial charge in [0.25, 0.3) is 5.91 Å². The van der Waals surface area contributed by atoms with E-state index in [4.69, 9.17) is 0 Å². The molecule has 1 N–H and O–H groups in total. The van der Waals surface area contributed by atoms with Crippen LogP contribution in [0.15, 0.2) is 36.8 Å². The van der Waals surface area contributed by atoms with Crippen molar-refractivity contribution in [3.63, 3.8) is 0 Å². The highest BCUT2D eigenvalue weighted by atomic mass is 19.4. The number of aromatic nitrogens is 2. The van der Waals surface area contributed by atoms with Crippen molar-refractivity contribution in [1.82, 2.24) is 15.3 Å². The minimum Gasteiger partial charge on any atom is -0.406 e. The maximum absolute atomic E-state index is 13.5. The zero-order chi connectivity index (χ0) is 16.2. The Hall–Kier alpha value is -2.71. The molecule has 0 atom stereocenters. The van der Waals surface area contributed by atoms with Gasteiger partial charge in [-0.15, -0.1) is 13.2 Å². The van der Waals surface area contributed by atoms with E-state index in [9.17, 15) is 22.4 Å². The number of ether oxygens (including phenoxy) is 1. The van der Waals surface area contributed by atoms with Crippen molar-refractivity contribution >= 4 is 5.91 Å². The Morgan fingerprint density at radius 1 is 1.27 bits per heavy atom. The van der Waals surface area contributed by atoms with Gasteiger partial charge < -0.3 is 10.1 Å². The Kier molecular flexibility index (Phi) is 4.54. The lowest BCUT2D eigenvalue weighted by atomic mass is 10.2. The van der Waals surface area contributed by atoms with Gasteiger partial charge in [0, 0.05) is 18.3 Å². The first-order valence-corrected chi connectivity index (χ1v) is 5.93. The summed E-state index contributed by atoms with van der Waals surface area (Å²) in [5.41, 5.74) is -0.0951. The van der Waals surface area contributed by atoms with Crippen LogP contribution in [0.5, 0.6) is 5.75 Å². The lowest BCUT2D eigenvalue weighted by molar-refractivity contribution is -0.274. The quantitative estimate of drug-likeness (QED) is 0.880. The standard InChI is InChI=1S/C13H9F4N3O2/c14-10-2-1-9(22-13(15,16)17)5-8(10)6-19-12(21)11-3-4-18-7-20-11/h1-5,7H,6H2,(H,19,21). The molecule has 22 heavy (non-hydrogen) atoms. The second-order valence-corrected chi connectivity index (χ2v) is 4.08. The van der Waals surface area contributed by atoms with Crippen molar-refractivity contribution in [1.29, 1.82) is 0 Å². The predicted molar refractivity (Wildman–Crippen MR) is 66.3 cm³/mol. The summed E-state index contributed by atoms with van der Waals surface area (Å²) in [6, 6.07) is 3.88. The fraction of sp³-hybridized carbons (Fsp3) is 0.154. The van der Waals surface area contributed by atoms with Crippen LogP contribution in [-0.4, -0.2) is 22.2 Å². The summed E-state index contributed by atoms with van der Waals surface area (Å²) < 4.78 is 53.6. The molecule has 1 aromatic carbocycles. The van der Waals surface area contributed by atoms with E-state index < -0.39 is 23.8 Å². The van der Waals surface area contributed by atoms with Gasteiger partial charge in [0.2, 0.25) is 0 Å². The Morgan fingerprint density at radius 3 is 2.68 bits per heavy atom. The number of nitrogens with zero attached hydrogens (tertiary/aromatic N) is 2. The lowest BCUT2D eigenvalue weighted by Gasteiger charge is -2.11. The number of alkyl halides is 3. The number of halogens is 4. The van der Waals surface area contributed by atoms with Crippen molar-refractivity contribution in [3.8, 4) is 5.75 Å². The summed E-state index contributed by atoms with van der Waals surface area (Å²) >= 11 is 0. The maximum atomic E-state index is 13.5. The minimum absolute atomic E-state index is 0.0538. The lowest BCUT2D eigenvalue weighted by Crippen LogP contribution is -2.24. The molecule has 1 aromatic heterocycles. The van der Waals surface area contributed by atoms with Crippen molar-refractivity contribution < 1.29 is 27.1 Å². The first kappa shape index (κ1) is 15.7. The second-order valence-electron chi connectivity index (χ2n) is 4.08. The Morgan fingerprint density at radius 2 is 2.05 bits per heavy atom. The molecule has 0 saturated carbocycles. The highest BCUT2D eigenvalue weighted by Crippen LogP contribution is 2.24. The van der Waals surface area contributed by atoms with E-state index in [2.05, 4.69) is 20.0 Å². The Labute approximate surface area is 122 Å². The van der Waals surface area contributed by atoms with Crippen LogP contribution in [-0.2, 0) is 6.54 Å². The molecule has 0 saturated heterocycles. The van der Waals surface area contributed by atoms with Gasteiger partial charge in [-0.05, 0) is 24.3 Å². The van der Waals surface area contributed by atoms with Crippen LogP contribution in [0.25, 0.3) is 0 Å². The van der Waals surface area contributed by atoms with Crippen molar-refractivity contribution in [2.24, 2.45) is 0 Å². The average molecular weight is 315 g/mol. The van der Waals surface area contributed by atoms with Gasteiger partial charge in [0.15, 0.2) is 0 Å².